The zero-order chi connectivity index (χ0) is 18.5. The number of hydrogen-bond donors (Lipinski definition) is 0. The van der Waals surface area contributed by atoms with Gasteiger partial charge in [0.1, 0.15) is 19.5 Å². The highest BCUT2D eigenvalue weighted by Crippen LogP contribution is 2.31. The van der Waals surface area contributed by atoms with Crippen LogP contribution in [0.25, 0.3) is 10.2 Å². The van der Waals surface area contributed by atoms with Gasteiger partial charge < -0.3 is 14.4 Å². The molecule has 0 N–H and O–H groups in total. The van der Waals surface area contributed by atoms with Crippen molar-refractivity contribution in [3.05, 3.63) is 35.2 Å². The van der Waals surface area contributed by atoms with Gasteiger partial charge in [-0.25, -0.2) is 4.98 Å². The normalized spacial score (nSPS) is 14.1. The molecule has 1 aliphatic heterocycles. The van der Waals surface area contributed by atoms with E-state index in [0.29, 0.717) is 29.9 Å². The first kappa shape index (κ1) is 18.9. The van der Waals surface area contributed by atoms with Gasteiger partial charge >= 0.3 is 0 Å². The van der Waals surface area contributed by atoms with Crippen LogP contribution in [0.1, 0.15) is 13.8 Å². The van der Waals surface area contributed by atoms with Gasteiger partial charge in [0, 0.05) is 18.1 Å². The van der Waals surface area contributed by atoms with Crippen molar-refractivity contribution in [1.82, 2.24) is 9.88 Å². The largest absolute Gasteiger partial charge is 0.494 e. The zero-order valence-corrected chi connectivity index (χ0v) is 16.5. The second-order valence-electron chi connectivity index (χ2n) is 5.79. The average molecular weight is 396 g/mol. The van der Waals surface area contributed by atoms with Crippen LogP contribution in [-0.2, 0) is 14.3 Å². The summed E-state index contributed by atoms with van der Waals surface area (Å²) in [4.78, 5) is 21.6. The van der Waals surface area contributed by atoms with Gasteiger partial charge in [-0.1, -0.05) is 36.8 Å². The SMILES string of the molecule is CCN(CC)CCN(C(=O)C1=COCCO1)c1nc2ccc(Cl)cc2s1. The third-order valence-electron chi connectivity index (χ3n) is 4.21. The van der Waals surface area contributed by atoms with Crippen LogP contribution in [0.2, 0.25) is 5.02 Å². The number of nitrogens with zero attached hydrogens (tertiary/aromatic N) is 3. The molecule has 2 aromatic rings. The molecule has 0 radical (unpaired) electrons. The van der Waals surface area contributed by atoms with Crippen LogP contribution >= 0.6 is 22.9 Å². The van der Waals surface area contributed by atoms with Gasteiger partial charge in [0.05, 0.1) is 10.2 Å². The van der Waals surface area contributed by atoms with Crippen molar-refractivity contribution in [2.24, 2.45) is 0 Å². The van der Waals surface area contributed by atoms with Crippen molar-refractivity contribution in [1.29, 1.82) is 0 Å². The molecular formula is C18H22ClN3O3S. The molecule has 26 heavy (non-hydrogen) atoms. The number of carbonyl (C=O) groups excluding carboxylic acids is 1. The summed E-state index contributed by atoms with van der Waals surface area (Å²) < 4.78 is 11.7. The maximum atomic E-state index is 13.0. The number of ether oxygens (including phenoxy) is 2. The Labute approximate surface area is 162 Å². The van der Waals surface area contributed by atoms with Crippen molar-refractivity contribution in [2.75, 3.05) is 44.3 Å². The molecule has 0 bridgehead atoms. The van der Waals surface area contributed by atoms with Crippen LogP contribution in [0.15, 0.2) is 30.2 Å². The third-order valence-corrected chi connectivity index (χ3v) is 5.49. The molecule has 0 unspecified atom stereocenters. The summed E-state index contributed by atoms with van der Waals surface area (Å²) in [7, 11) is 0. The van der Waals surface area contributed by atoms with Crippen LogP contribution in [0, 0.1) is 0 Å². The third kappa shape index (κ3) is 4.28. The topological polar surface area (TPSA) is 54.9 Å². The van der Waals surface area contributed by atoms with Crippen LogP contribution < -0.4 is 4.90 Å². The van der Waals surface area contributed by atoms with Gasteiger partial charge in [0.15, 0.2) is 5.13 Å². The molecule has 1 amide bonds. The zero-order valence-electron chi connectivity index (χ0n) is 14.9. The molecule has 2 heterocycles. The number of thiazole rings is 1. The van der Waals surface area contributed by atoms with E-state index in [-0.39, 0.29) is 11.7 Å². The monoisotopic (exact) mass is 395 g/mol. The molecule has 1 aromatic heterocycles. The fraction of sp³-hybridized carbons (Fsp3) is 0.444. The molecule has 140 valence electrons. The Hall–Kier alpha value is -1.83. The molecule has 0 spiro atoms. The predicted octanol–water partition coefficient (Wildman–Crippen LogP) is 3.51. The van der Waals surface area contributed by atoms with Crippen LogP contribution in [0.5, 0.6) is 0 Å². The minimum Gasteiger partial charge on any atom is -0.494 e. The first-order valence-corrected chi connectivity index (χ1v) is 9.86. The molecule has 0 fully saturated rings. The summed E-state index contributed by atoms with van der Waals surface area (Å²) >= 11 is 7.52. The standard InChI is InChI=1S/C18H22ClN3O3S/c1-3-21(4-2)7-8-22(17(23)15-12-24-9-10-25-15)18-20-14-6-5-13(19)11-16(14)26-18/h5-6,11-12H,3-4,7-10H2,1-2H3. The lowest BCUT2D eigenvalue weighted by molar-refractivity contribution is -0.119. The molecule has 8 heteroatoms. The number of amides is 1. The molecule has 0 atom stereocenters. The molecule has 0 saturated carbocycles. The molecular weight excluding hydrogens is 374 g/mol. The number of aromatic nitrogens is 1. The van der Waals surface area contributed by atoms with E-state index in [0.717, 1.165) is 29.9 Å². The Balaban J connectivity index is 1.89. The first-order chi connectivity index (χ1) is 12.6. The first-order valence-electron chi connectivity index (χ1n) is 8.67. The van der Waals surface area contributed by atoms with Crippen LogP contribution in [0.4, 0.5) is 5.13 Å². The Bertz CT molecular complexity index is 804. The Morgan fingerprint density at radius 2 is 2.08 bits per heavy atom. The lowest BCUT2D eigenvalue weighted by atomic mass is 10.3. The van der Waals surface area contributed by atoms with E-state index in [4.69, 9.17) is 21.1 Å². The Morgan fingerprint density at radius 3 is 2.77 bits per heavy atom. The fourth-order valence-electron chi connectivity index (χ4n) is 2.68. The minimum absolute atomic E-state index is 0.216. The molecule has 1 aliphatic rings. The Morgan fingerprint density at radius 1 is 1.27 bits per heavy atom. The van der Waals surface area contributed by atoms with Gasteiger partial charge in [-0.3, -0.25) is 9.69 Å². The number of carbonyl (C=O) groups is 1. The number of benzene rings is 1. The summed E-state index contributed by atoms with van der Waals surface area (Å²) in [5.74, 6) is -0.0184. The molecule has 3 rings (SSSR count). The highest BCUT2D eigenvalue weighted by Gasteiger charge is 2.26. The van der Waals surface area contributed by atoms with Crippen LogP contribution in [-0.4, -0.2) is 55.2 Å². The smallest absolute Gasteiger partial charge is 0.298 e. The van der Waals surface area contributed by atoms with E-state index in [2.05, 4.69) is 23.7 Å². The van der Waals surface area contributed by atoms with E-state index >= 15 is 0 Å². The van der Waals surface area contributed by atoms with Gasteiger partial charge in [0.25, 0.3) is 5.91 Å². The molecule has 0 aliphatic carbocycles. The summed E-state index contributed by atoms with van der Waals surface area (Å²) in [5.41, 5.74) is 0.824. The van der Waals surface area contributed by atoms with E-state index in [9.17, 15) is 4.79 Å². The number of rotatable bonds is 7. The highest BCUT2D eigenvalue weighted by atomic mass is 35.5. The van der Waals surface area contributed by atoms with Gasteiger partial charge in [-0.15, -0.1) is 0 Å². The summed E-state index contributed by atoms with van der Waals surface area (Å²) in [6, 6.07) is 5.53. The summed E-state index contributed by atoms with van der Waals surface area (Å²) in [5, 5.41) is 1.29. The average Bonchev–Trinajstić information content (AvgIpc) is 3.08. The van der Waals surface area contributed by atoms with Crippen LogP contribution in [0.3, 0.4) is 0 Å². The van der Waals surface area contributed by atoms with Gasteiger partial charge in [-0.2, -0.15) is 0 Å². The summed E-state index contributed by atoms with van der Waals surface area (Å²) in [6.07, 6.45) is 1.39. The van der Waals surface area contributed by atoms with Crippen molar-refractivity contribution in [3.63, 3.8) is 0 Å². The fourth-order valence-corrected chi connectivity index (χ4v) is 3.95. The minimum atomic E-state index is -0.234. The maximum Gasteiger partial charge on any atom is 0.298 e. The van der Waals surface area contributed by atoms with Crippen molar-refractivity contribution in [3.8, 4) is 0 Å². The molecule has 1 aromatic carbocycles. The number of fused-ring (bicyclic) bond motifs is 1. The number of anilines is 1. The Kier molecular flexibility index (Phi) is 6.34. The molecule has 6 nitrogen and oxygen atoms in total. The van der Waals surface area contributed by atoms with Gasteiger partial charge in [-0.05, 0) is 31.3 Å². The van der Waals surface area contributed by atoms with E-state index < -0.39 is 0 Å². The summed E-state index contributed by atoms with van der Waals surface area (Å²) in [6.45, 7) is 8.17. The van der Waals surface area contributed by atoms with Gasteiger partial charge in [0.2, 0.25) is 5.76 Å². The second kappa shape index (κ2) is 8.70. The van der Waals surface area contributed by atoms with E-state index in [1.807, 2.05) is 12.1 Å². The number of hydrogen-bond acceptors (Lipinski definition) is 6. The van der Waals surface area contributed by atoms with Crippen molar-refractivity contribution >= 4 is 44.2 Å². The number of likely N-dealkylation sites (N-methyl/N-ethyl adjacent to an activating group) is 1. The predicted molar refractivity (Wildman–Crippen MR) is 105 cm³/mol. The quantitative estimate of drug-likeness (QED) is 0.718. The second-order valence-corrected chi connectivity index (χ2v) is 7.24. The lowest BCUT2D eigenvalue weighted by Gasteiger charge is -2.26. The highest BCUT2D eigenvalue weighted by molar-refractivity contribution is 7.22. The van der Waals surface area contributed by atoms with E-state index in [1.54, 1.807) is 11.0 Å². The number of halogens is 1. The maximum absolute atomic E-state index is 13.0. The van der Waals surface area contributed by atoms with Crippen molar-refractivity contribution in [2.45, 2.75) is 13.8 Å². The lowest BCUT2D eigenvalue weighted by Crippen LogP contribution is -2.40. The van der Waals surface area contributed by atoms with E-state index in [1.165, 1.54) is 17.6 Å². The van der Waals surface area contributed by atoms with Crippen molar-refractivity contribution < 1.29 is 14.3 Å². The molecule has 0 saturated heterocycles.